The van der Waals surface area contributed by atoms with Gasteiger partial charge in [0.1, 0.15) is 30.3 Å². The number of ether oxygens (including phenoxy) is 2. The Labute approximate surface area is 196 Å². The zero-order valence-electron chi connectivity index (χ0n) is 19.7. The number of nitrogens with zero attached hydrogens (tertiary/aromatic N) is 2. The number of carbonyl (C=O) groups excluding carboxylic acids is 1. The van der Waals surface area contributed by atoms with Gasteiger partial charge in [0.05, 0.1) is 6.54 Å². The van der Waals surface area contributed by atoms with Crippen LogP contribution >= 0.6 is 0 Å². The third-order valence-electron chi connectivity index (χ3n) is 6.52. The van der Waals surface area contributed by atoms with E-state index in [4.69, 9.17) is 9.47 Å². The van der Waals surface area contributed by atoms with E-state index in [1.165, 1.54) is 11.1 Å². The second-order valence-corrected chi connectivity index (χ2v) is 9.27. The van der Waals surface area contributed by atoms with Crippen LogP contribution in [-0.4, -0.2) is 72.5 Å². The van der Waals surface area contributed by atoms with Gasteiger partial charge in [0.25, 0.3) is 0 Å². The Kier molecular flexibility index (Phi) is 7.40. The highest BCUT2D eigenvalue weighted by Gasteiger charge is 2.33. The molecule has 2 fully saturated rings. The Morgan fingerprint density at radius 2 is 1.79 bits per heavy atom. The van der Waals surface area contributed by atoms with Crippen LogP contribution < -0.4 is 14.8 Å². The molecule has 2 aliphatic heterocycles. The standard InChI is InChI=1S/C26H35N3O4/c1-20-3-8-24(21(2)17-20)33-19-26(31)9-12-28(13-10-26)18-22-4-6-23(7-5-22)32-16-15-29-14-11-27-25(29)30/h3-8,17,31H,9-16,18-19H2,1-2H3,(H,27,30). The maximum Gasteiger partial charge on any atom is 0.317 e. The van der Waals surface area contributed by atoms with Crippen LogP contribution in [0.1, 0.15) is 29.5 Å². The van der Waals surface area contributed by atoms with Gasteiger partial charge < -0.3 is 24.8 Å². The number of aryl methyl sites for hydroxylation is 2. The van der Waals surface area contributed by atoms with Crippen molar-refractivity contribution in [3.8, 4) is 11.5 Å². The lowest BCUT2D eigenvalue weighted by Gasteiger charge is -2.38. The molecule has 2 N–H and O–H groups in total. The molecule has 2 saturated heterocycles. The van der Waals surface area contributed by atoms with E-state index in [9.17, 15) is 9.90 Å². The Bertz CT molecular complexity index is 939. The first-order valence-corrected chi connectivity index (χ1v) is 11.8. The van der Waals surface area contributed by atoms with Gasteiger partial charge in [-0.1, -0.05) is 29.8 Å². The number of carbonyl (C=O) groups is 1. The molecule has 2 aromatic carbocycles. The minimum Gasteiger partial charge on any atom is -0.492 e. The highest BCUT2D eigenvalue weighted by atomic mass is 16.5. The Morgan fingerprint density at radius 1 is 1.03 bits per heavy atom. The second-order valence-electron chi connectivity index (χ2n) is 9.27. The number of aliphatic hydroxyl groups is 1. The largest absolute Gasteiger partial charge is 0.492 e. The average Bonchev–Trinajstić information content (AvgIpc) is 3.21. The van der Waals surface area contributed by atoms with Crippen molar-refractivity contribution in [2.75, 3.05) is 45.9 Å². The summed E-state index contributed by atoms with van der Waals surface area (Å²) in [5.74, 6) is 1.66. The average molecular weight is 454 g/mol. The Hall–Kier alpha value is -2.77. The molecule has 33 heavy (non-hydrogen) atoms. The lowest BCUT2D eigenvalue weighted by atomic mass is 9.92. The smallest absolute Gasteiger partial charge is 0.317 e. The summed E-state index contributed by atoms with van der Waals surface area (Å²) in [6.45, 7) is 9.49. The zero-order chi connectivity index (χ0) is 23.3. The van der Waals surface area contributed by atoms with E-state index in [-0.39, 0.29) is 6.03 Å². The van der Waals surface area contributed by atoms with Crippen molar-refractivity contribution in [3.63, 3.8) is 0 Å². The fraction of sp³-hybridized carbons (Fsp3) is 0.500. The summed E-state index contributed by atoms with van der Waals surface area (Å²) in [5.41, 5.74) is 2.75. The molecule has 2 amide bonds. The molecule has 2 aliphatic rings. The summed E-state index contributed by atoms with van der Waals surface area (Å²) in [5, 5.41) is 13.8. The molecule has 0 aromatic heterocycles. The zero-order valence-corrected chi connectivity index (χ0v) is 19.7. The SMILES string of the molecule is Cc1ccc(OCC2(O)CCN(Cc3ccc(OCCN4CCNC4=O)cc3)CC2)c(C)c1. The predicted molar refractivity (Wildman–Crippen MR) is 128 cm³/mol. The van der Waals surface area contributed by atoms with Gasteiger partial charge in [-0.15, -0.1) is 0 Å². The monoisotopic (exact) mass is 453 g/mol. The lowest BCUT2D eigenvalue weighted by molar-refractivity contribution is -0.0538. The summed E-state index contributed by atoms with van der Waals surface area (Å²) in [4.78, 5) is 15.7. The summed E-state index contributed by atoms with van der Waals surface area (Å²) in [6.07, 6.45) is 1.40. The Morgan fingerprint density at radius 3 is 2.45 bits per heavy atom. The lowest BCUT2D eigenvalue weighted by Crippen LogP contribution is -2.47. The van der Waals surface area contributed by atoms with Crippen LogP contribution in [0.5, 0.6) is 11.5 Å². The first-order chi connectivity index (χ1) is 15.9. The van der Waals surface area contributed by atoms with Crippen molar-refractivity contribution in [1.29, 1.82) is 0 Å². The minimum absolute atomic E-state index is 0.0146. The summed E-state index contributed by atoms with van der Waals surface area (Å²) < 4.78 is 11.7. The van der Waals surface area contributed by atoms with Crippen molar-refractivity contribution in [2.45, 2.75) is 38.8 Å². The van der Waals surface area contributed by atoms with Crippen LogP contribution in [0.2, 0.25) is 0 Å². The number of rotatable bonds is 9. The molecule has 7 nitrogen and oxygen atoms in total. The molecule has 0 atom stereocenters. The second kappa shape index (κ2) is 10.4. The molecule has 0 aliphatic carbocycles. The summed E-state index contributed by atoms with van der Waals surface area (Å²) in [7, 11) is 0. The van der Waals surface area contributed by atoms with Crippen LogP contribution in [0.4, 0.5) is 4.79 Å². The first kappa shape index (κ1) is 23.4. The molecule has 4 rings (SSSR count). The first-order valence-electron chi connectivity index (χ1n) is 11.8. The van der Waals surface area contributed by atoms with Crippen LogP contribution in [0.25, 0.3) is 0 Å². The minimum atomic E-state index is -0.780. The van der Waals surface area contributed by atoms with Gasteiger partial charge in [-0.3, -0.25) is 4.90 Å². The number of hydrogen-bond acceptors (Lipinski definition) is 5. The van der Waals surface area contributed by atoms with E-state index < -0.39 is 5.60 Å². The maximum absolute atomic E-state index is 11.5. The highest BCUT2D eigenvalue weighted by Crippen LogP contribution is 2.26. The molecular formula is C26H35N3O4. The highest BCUT2D eigenvalue weighted by molar-refractivity contribution is 5.76. The molecule has 0 saturated carbocycles. The van der Waals surface area contributed by atoms with Gasteiger partial charge in [-0.05, 0) is 56.0 Å². The Balaban J connectivity index is 1.18. The van der Waals surface area contributed by atoms with Crippen molar-refractivity contribution >= 4 is 6.03 Å². The van der Waals surface area contributed by atoms with Crippen molar-refractivity contribution in [1.82, 2.24) is 15.1 Å². The molecule has 2 heterocycles. The normalized spacial score (nSPS) is 18.3. The molecule has 178 valence electrons. The van der Waals surface area contributed by atoms with Gasteiger partial charge >= 0.3 is 6.03 Å². The quantitative estimate of drug-likeness (QED) is 0.610. The van der Waals surface area contributed by atoms with E-state index in [2.05, 4.69) is 35.3 Å². The van der Waals surface area contributed by atoms with Gasteiger partial charge in [-0.25, -0.2) is 4.79 Å². The molecule has 0 unspecified atom stereocenters. The van der Waals surface area contributed by atoms with Gasteiger partial charge in [0.15, 0.2) is 0 Å². The number of piperidine rings is 1. The molecular weight excluding hydrogens is 418 g/mol. The third-order valence-corrected chi connectivity index (χ3v) is 6.52. The molecule has 2 aromatic rings. The molecule has 0 bridgehead atoms. The molecule has 0 radical (unpaired) electrons. The van der Waals surface area contributed by atoms with Gasteiger partial charge in [0, 0.05) is 32.7 Å². The van der Waals surface area contributed by atoms with Crippen molar-refractivity contribution in [2.24, 2.45) is 0 Å². The fourth-order valence-electron chi connectivity index (χ4n) is 4.39. The number of urea groups is 1. The van der Waals surface area contributed by atoms with Crippen LogP contribution in [0.15, 0.2) is 42.5 Å². The number of nitrogens with one attached hydrogen (secondary N) is 1. The number of hydrogen-bond donors (Lipinski definition) is 2. The van der Waals surface area contributed by atoms with E-state index in [1.54, 1.807) is 4.90 Å². The topological polar surface area (TPSA) is 74.3 Å². The van der Waals surface area contributed by atoms with Crippen LogP contribution in [0.3, 0.4) is 0 Å². The van der Waals surface area contributed by atoms with E-state index >= 15 is 0 Å². The van der Waals surface area contributed by atoms with E-state index in [0.29, 0.717) is 39.1 Å². The van der Waals surface area contributed by atoms with E-state index in [0.717, 1.165) is 43.2 Å². The van der Waals surface area contributed by atoms with Crippen molar-refractivity contribution in [3.05, 3.63) is 59.2 Å². The predicted octanol–water partition coefficient (Wildman–Crippen LogP) is 3.11. The maximum atomic E-state index is 11.5. The fourth-order valence-corrected chi connectivity index (χ4v) is 4.39. The van der Waals surface area contributed by atoms with Gasteiger partial charge in [0.2, 0.25) is 0 Å². The van der Waals surface area contributed by atoms with Crippen molar-refractivity contribution < 1.29 is 19.4 Å². The van der Waals surface area contributed by atoms with Crippen LogP contribution in [-0.2, 0) is 6.54 Å². The molecule has 7 heteroatoms. The third kappa shape index (κ3) is 6.39. The molecule has 0 spiro atoms. The number of amides is 2. The number of likely N-dealkylation sites (tertiary alicyclic amines) is 1. The van der Waals surface area contributed by atoms with Crippen LogP contribution in [0, 0.1) is 13.8 Å². The summed E-state index contributed by atoms with van der Waals surface area (Å²) in [6, 6.07) is 14.2. The van der Waals surface area contributed by atoms with Gasteiger partial charge in [-0.2, -0.15) is 0 Å². The number of benzene rings is 2. The van der Waals surface area contributed by atoms with E-state index in [1.807, 2.05) is 31.2 Å². The summed E-state index contributed by atoms with van der Waals surface area (Å²) >= 11 is 0.